The molecule has 2 heterocycles. The molecule has 2 aliphatic rings. The number of benzene rings is 2. The number of hydrogen-bond acceptors (Lipinski definition) is 4. The average molecular weight is 437 g/mol. The lowest BCUT2D eigenvalue weighted by molar-refractivity contribution is -0.139. The van der Waals surface area contributed by atoms with Crippen LogP contribution in [0.5, 0.6) is 5.75 Å². The van der Waals surface area contributed by atoms with Crippen LogP contribution in [0, 0.1) is 5.92 Å². The predicted octanol–water partition coefficient (Wildman–Crippen LogP) is 4.47. The van der Waals surface area contributed by atoms with Gasteiger partial charge in [0.2, 0.25) is 0 Å². The molecule has 2 aliphatic heterocycles. The molecule has 2 aromatic rings. The molecule has 2 fully saturated rings. The number of hydrogen-bond donors (Lipinski definition) is 0. The number of amides is 1. The van der Waals surface area contributed by atoms with Crippen LogP contribution >= 0.6 is 0 Å². The molecule has 0 saturated carbocycles. The van der Waals surface area contributed by atoms with Gasteiger partial charge < -0.3 is 14.4 Å². The monoisotopic (exact) mass is 436 g/mol. The summed E-state index contributed by atoms with van der Waals surface area (Å²) in [4.78, 5) is 17.5. The van der Waals surface area contributed by atoms with E-state index in [-0.39, 0.29) is 5.91 Å². The molecule has 5 heteroatoms. The quantitative estimate of drug-likeness (QED) is 0.670. The van der Waals surface area contributed by atoms with Crippen molar-refractivity contribution in [3.05, 3.63) is 54.6 Å². The van der Waals surface area contributed by atoms with E-state index in [4.69, 9.17) is 9.47 Å². The Hall–Kier alpha value is -2.37. The van der Waals surface area contributed by atoms with Gasteiger partial charge in [-0.1, -0.05) is 42.5 Å². The molecule has 2 saturated heterocycles. The fraction of sp³-hybridized carbons (Fsp3) is 0.519. The van der Waals surface area contributed by atoms with Crippen LogP contribution in [0.2, 0.25) is 0 Å². The van der Waals surface area contributed by atoms with Crippen LogP contribution in [-0.4, -0.2) is 66.7 Å². The van der Waals surface area contributed by atoms with Crippen molar-refractivity contribution in [3.63, 3.8) is 0 Å². The first-order valence-electron chi connectivity index (χ1n) is 12.0. The number of carbonyl (C=O) groups is 1. The van der Waals surface area contributed by atoms with E-state index in [2.05, 4.69) is 30.9 Å². The van der Waals surface area contributed by atoms with Gasteiger partial charge in [0.1, 0.15) is 5.75 Å². The van der Waals surface area contributed by atoms with Gasteiger partial charge in [0.15, 0.2) is 6.10 Å². The summed E-state index contributed by atoms with van der Waals surface area (Å²) in [6.45, 7) is 10.9. The lowest BCUT2D eigenvalue weighted by Gasteiger charge is -2.39. The highest BCUT2D eigenvalue weighted by Gasteiger charge is 2.30. The highest BCUT2D eigenvalue weighted by molar-refractivity contribution is 5.81. The van der Waals surface area contributed by atoms with E-state index >= 15 is 0 Å². The van der Waals surface area contributed by atoms with Gasteiger partial charge >= 0.3 is 0 Å². The molecule has 0 spiro atoms. The third-order valence-corrected chi connectivity index (χ3v) is 6.56. The molecule has 0 N–H and O–H groups in total. The molecule has 5 nitrogen and oxygen atoms in total. The van der Waals surface area contributed by atoms with Gasteiger partial charge in [-0.3, -0.25) is 9.69 Å². The Kier molecular flexibility index (Phi) is 7.48. The summed E-state index contributed by atoms with van der Waals surface area (Å²) in [6.07, 6.45) is 2.25. The maximum atomic E-state index is 12.9. The van der Waals surface area contributed by atoms with Crippen molar-refractivity contribution in [3.8, 4) is 16.9 Å². The van der Waals surface area contributed by atoms with Gasteiger partial charge in [-0.2, -0.15) is 0 Å². The summed E-state index contributed by atoms with van der Waals surface area (Å²) in [6, 6.07) is 18.2. The highest BCUT2D eigenvalue weighted by Crippen LogP contribution is 2.24. The normalized spacial score (nSPS) is 23.7. The Morgan fingerprint density at radius 2 is 1.56 bits per heavy atom. The SMILES string of the molecule is CC1CN(CC2CCN(C(=O)C(C)Oc3ccc(-c4ccccc4)cc3)CC2)CC(C)O1. The summed E-state index contributed by atoms with van der Waals surface area (Å²) < 4.78 is 11.8. The molecule has 3 atom stereocenters. The lowest BCUT2D eigenvalue weighted by Crippen LogP contribution is -2.49. The van der Waals surface area contributed by atoms with Crippen molar-refractivity contribution in [2.45, 2.75) is 51.9 Å². The van der Waals surface area contributed by atoms with Crippen LogP contribution < -0.4 is 4.74 Å². The number of ether oxygens (including phenoxy) is 2. The second-order valence-corrected chi connectivity index (χ2v) is 9.40. The summed E-state index contributed by atoms with van der Waals surface area (Å²) >= 11 is 0. The van der Waals surface area contributed by atoms with E-state index in [1.165, 1.54) is 5.56 Å². The summed E-state index contributed by atoms with van der Waals surface area (Å²) in [5.74, 6) is 1.47. The molecule has 172 valence electrons. The molecule has 0 aromatic heterocycles. The topological polar surface area (TPSA) is 42.0 Å². The fourth-order valence-electron chi connectivity index (χ4n) is 5.00. The second-order valence-electron chi connectivity index (χ2n) is 9.40. The minimum absolute atomic E-state index is 0.0872. The Morgan fingerprint density at radius 3 is 2.19 bits per heavy atom. The first-order valence-corrected chi connectivity index (χ1v) is 12.0. The van der Waals surface area contributed by atoms with Crippen molar-refractivity contribution < 1.29 is 14.3 Å². The van der Waals surface area contributed by atoms with Gasteiger partial charge in [-0.05, 0) is 62.8 Å². The zero-order chi connectivity index (χ0) is 22.5. The number of morpholine rings is 1. The van der Waals surface area contributed by atoms with Gasteiger partial charge in [-0.15, -0.1) is 0 Å². The maximum absolute atomic E-state index is 12.9. The largest absolute Gasteiger partial charge is 0.481 e. The van der Waals surface area contributed by atoms with Crippen LogP contribution in [0.3, 0.4) is 0 Å². The number of piperidine rings is 1. The Balaban J connectivity index is 1.24. The molecule has 2 aromatic carbocycles. The number of nitrogens with zero attached hydrogens (tertiary/aromatic N) is 2. The Morgan fingerprint density at radius 1 is 0.969 bits per heavy atom. The van der Waals surface area contributed by atoms with Gasteiger partial charge in [0.25, 0.3) is 5.91 Å². The molecule has 0 aliphatic carbocycles. The minimum Gasteiger partial charge on any atom is -0.481 e. The van der Waals surface area contributed by atoms with Gasteiger partial charge in [-0.25, -0.2) is 0 Å². The smallest absolute Gasteiger partial charge is 0.263 e. The number of carbonyl (C=O) groups excluding carboxylic acids is 1. The first kappa shape index (κ1) is 22.8. The van der Waals surface area contributed by atoms with Gasteiger partial charge in [0, 0.05) is 32.7 Å². The molecule has 32 heavy (non-hydrogen) atoms. The fourth-order valence-corrected chi connectivity index (χ4v) is 5.00. The molecular formula is C27H36N2O3. The third-order valence-electron chi connectivity index (χ3n) is 6.56. The summed E-state index contributed by atoms with van der Waals surface area (Å²) in [7, 11) is 0. The minimum atomic E-state index is -0.477. The van der Waals surface area contributed by atoms with Crippen molar-refractivity contribution in [2.24, 2.45) is 5.92 Å². The molecular weight excluding hydrogens is 400 g/mol. The van der Waals surface area contributed by atoms with E-state index in [1.54, 1.807) is 0 Å². The van der Waals surface area contributed by atoms with Crippen LogP contribution in [0.15, 0.2) is 54.6 Å². The van der Waals surface area contributed by atoms with Crippen molar-refractivity contribution >= 4 is 5.91 Å². The molecule has 3 unspecified atom stereocenters. The van der Waals surface area contributed by atoms with Crippen molar-refractivity contribution in [1.29, 1.82) is 0 Å². The molecule has 0 radical (unpaired) electrons. The van der Waals surface area contributed by atoms with Crippen LogP contribution in [-0.2, 0) is 9.53 Å². The third kappa shape index (κ3) is 5.90. The van der Waals surface area contributed by atoms with Crippen molar-refractivity contribution in [1.82, 2.24) is 9.80 Å². The van der Waals surface area contributed by atoms with E-state index in [9.17, 15) is 4.79 Å². The van der Waals surface area contributed by atoms with Gasteiger partial charge in [0.05, 0.1) is 12.2 Å². The molecule has 4 rings (SSSR count). The molecule has 1 amide bonds. The summed E-state index contributed by atoms with van der Waals surface area (Å²) in [5, 5.41) is 0. The zero-order valence-electron chi connectivity index (χ0n) is 19.6. The van der Waals surface area contributed by atoms with Crippen LogP contribution in [0.4, 0.5) is 0 Å². The number of likely N-dealkylation sites (tertiary alicyclic amines) is 1. The number of rotatable bonds is 6. The standard InChI is InChI=1S/C27H36N2O3/c1-20-17-28(18-21(2)31-20)19-23-13-15-29(16-14-23)27(30)22(3)32-26-11-9-25(10-12-26)24-7-5-4-6-8-24/h4-12,20-23H,13-19H2,1-3H3. The average Bonchev–Trinajstić information content (AvgIpc) is 2.79. The predicted molar refractivity (Wildman–Crippen MR) is 128 cm³/mol. The highest BCUT2D eigenvalue weighted by atomic mass is 16.5. The van der Waals surface area contributed by atoms with E-state index in [0.717, 1.165) is 56.9 Å². The zero-order valence-corrected chi connectivity index (χ0v) is 19.6. The maximum Gasteiger partial charge on any atom is 0.263 e. The van der Waals surface area contributed by atoms with Crippen LogP contribution in [0.1, 0.15) is 33.6 Å². The second kappa shape index (κ2) is 10.5. The van der Waals surface area contributed by atoms with Crippen molar-refractivity contribution in [2.75, 3.05) is 32.7 Å². The Bertz CT molecular complexity index is 852. The lowest BCUT2D eigenvalue weighted by atomic mass is 9.95. The first-order chi connectivity index (χ1) is 15.5. The Labute approximate surface area is 192 Å². The van der Waals surface area contributed by atoms with Crippen LogP contribution in [0.25, 0.3) is 11.1 Å². The molecule has 0 bridgehead atoms. The van der Waals surface area contributed by atoms with E-state index < -0.39 is 6.10 Å². The van der Waals surface area contributed by atoms with E-state index in [1.807, 2.05) is 54.3 Å². The summed E-state index contributed by atoms with van der Waals surface area (Å²) in [5.41, 5.74) is 2.31. The van der Waals surface area contributed by atoms with E-state index in [0.29, 0.717) is 18.1 Å².